The van der Waals surface area contributed by atoms with Crippen LogP contribution in [0.1, 0.15) is 11.1 Å². The van der Waals surface area contributed by atoms with Gasteiger partial charge in [-0.1, -0.05) is 29.8 Å². The van der Waals surface area contributed by atoms with Crippen LogP contribution >= 0.6 is 0 Å². The van der Waals surface area contributed by atoms with Crippen LogP contribution in [-0.2, 0) is 16.1 Å². The van der Waals surface area contributed by atoms with Gasteiger partial charge < -0.3 is 15.0 Å². The third-order valence-corrected chi connectivity index (χ3v) is 3.14. The number of nitrogens with zero attached hydrogens (tertiary/aromatic N) is 1. The Morgan fingerprint density at radius 1 is 1.44 bits per heavy atom. The van der Waals surface area contributed by atoms with Crippen molar-refractivity contribution in [3.05, 3.63) is 35.4 Å². The number of benzene rings is 1. The van der Waals surface area contributed by atoms with E-state index in [0.29, 0.717) is 19.8 Å². The maximum Gasteiger partial charge on any atom is 0.242 e. The number of nitrogens with one attached hydrogen (secondary N) is 1. The predicted molar refractivity (Wildman–Crippen MR) is 70.3 cm³/mol. The van der Waals surface area contributed by atoms with Gasteiger partial charge in [0.25, 0.3) is 0 Å². The van der Waals surface area contributed by atoms with Crippen molar-refractivity contribution in [3.63, 3.8) is 0 Å². The van der Waals surface area contributed by atoms with E-state index in [1.165, 1.54) is 5.56 Å². The van der Waals surface area contributed by atoms with Crippen LogP contribution in [-0.4, -0.2) is 43.7 Å². The topological polar surface area (TPSA) is 41.6 Å². The molecule has 0 aliphatic carbocycles. The van der Waals surface area contributed by atoms with Crippen LogP contribution in [0, 0.1) is 6.92 Å². The smallest absolute Gasteiger partial charge is 0.242 e. The van der Waals surface area contributed by atoms with Crippen LogP contribution in [0.4, 0.5) is 0 Å². The van der Waals surface area contributed by atoms with Crippen molar-refractivity contribution in [1.29, 1.82) is 0 Å². The van der Waals surface area contributed by atoms with Gasteiger partial charge >= 0.3 is 0 Å². The first kappa shape index (κ1) is 13.1. The molecule has 1 aromatic rings. The van der Waals surface area contributed by atoms with Gasteiger partial charge in [0, 0.05) is 20.1 Å². The molecule has 1 aromatic carbocycles. The number of morpholine rings is 1. The second-order valence-corrected chi connectivity index (χ2v) is 4.76. The molecule has 0 aromatic heterocycles. The minimum absolute atomic E-state index is 0.0928. The summed E-state index contributed by atoms with van der Waals surface area (Å²) in [5.41, 5.74) is 2.38. The average Bonchev–Trinajstić information content (AvgIpc) is 2.41. The van der Waals surface area contributed by atoms with Crippen molar-refractivity contribution in [3.8, 4) is 0 Å². The van der Waals surface area contributed by atoms with E-state index < -0.39 is 0 Å². The average molecular weight is 248 g/mol. The third-order valence-electron chi connectivity index (χ3n) is 3.14. The second kappa shape index (κ2) is 5.98. The van der Waals surface area contributed by atoms with Gasteiger partial charge in [-0.15, -0.1) is 0 Å². The van der Waals surface area contributed by atoms with Crippen LogP contribution in [0.25, 0.3) is 0 Å². The van der Waals surface area contributed by atoms with E-state index in [4.69, 9.17) is 4.74 Å². The molecule has 4 heteroatoms. The zero-order valence-electron chi connectivity index (χ0n) is 11.0. The van der Waals surface area contributed by atoms with E-state index in [0.717, 1.165) is 12.1 Å². The summed E-state index contributed by atoms with van der Waals surface area (Å²) in [4.78, 5) is 13.9. The summed E-state index contributed by atoms with van der Waals surface area (Å²) in [6.45, 7) is 4.59. The number of ether oxygens (including phenoxy) is 1. The molecule has 0 radical (unpaired) electrons. The summed E-state index contributed by atoms with van der Waals surface area (Å²) in [5.74, 6) is 0.0928. The first-order valence-electron chi connectivity index (χ1n) is 6.28. The molecule has 1 aliphatic heterocycles. The SMILES string of the molecule is Cc1ccc(CN(C)C(=O)C2COCCN2)cc1. The van der Waals surface area contributed by atoms with Gasteiger partial charge in [0.15, 0.2) is 0 Å². The first-order chi connectivity index (χ1) is 8.66. The minimum atomic E-state index is -0.200. The molecular weight excluding hydrogens is 228 g/mol. The lowest BCUT2D eigenvalue weighted by molar-refractivity contribution is -0.135. The number of aryl methyl sites for hydroxylation is 1. The van der Waals surface area contributed by atoms with E-state index in [-0.39, 0.29) is 11.9 Å². The monoisotopic (exact) mass is 248 g/mol. The highest BCUT2D eigenvalue weighted by Crippen LogP contribution is 2.07. The fourth-order valence-electron chi connectivity index (χ4n) is 2.04. The van der Waals surface area contributed by atoms with Crippen LogP contribution in [0.2, 0.25) is 0 Å². The molecule has 1 N–H and O–H groups in total. The number of likely N-dealkylation sites (N-methyl/N-ethyl adjacent to an activating group) is 1. The van der Waals surface area contributed by atoms with Crippen LogP contribution < -0.4 is 5.32 Å². The number of amides is 1. The molecule has 0 spiro atoms. The maximum atomic E-state index is 12.2. The largest absolute Gasteiger partial charge is 0.378 e. The van der Waals surface area contributed by atoms with Crippen molar-refractivity contribution >= 4 is 5.91 Å². The Morgan fingerprint density at radius 2 is 2.17 bits per heavy atom. The molecule has 0 bridgehead atoms. The number of rotatable bonds is 3. The Balaban J connectivity index is 1.92. The molecule has 1 unspecified atom stereocenters. The summed E-state index contributed by atoms with van der Waals surface area (Å²) in [6.07, 6.45) is 0. The molecule has 4 nitrogen and oxygen atoms in total. The number of hydrogen-bond donors (Lipinski definition) is 1. The van der Waals surface area contributed by atoms with Gasteiger partial charge in [0.1, 0.15) is 6.04 Å². The van der Waals surface area contributed by atoms with Crippen LogP contribution in [0.3, 0.4) is 0 Å². The Morgan fingerprint density at radius 3 is 2.78 bits per heavy atom. The minimum Gasteiger partial charge on any atom is -0.378 e. The molecule has 1 atom stereocenters. The second-order valence-electron chi connectivity index (χ2n) is 4.76. The van der Waals surface area contributed by atoms with E-state index in [2.05, 4.69) is 36.5 Å². The van der Waals surface area contributed by atoms with Gasteiger partial charge in [0.2, 0.25) is 5.91 Å². The molecule has 18 heavy (non-hydrogen) atoms. The third kappa shape index (κ3) is 3.31. The van der Waals surface area contributed by atoms with Crippen molar-refractivity contribution in [2.75, 3.05) is 26.8 Å². The van der Waals surface area contributed by atoms with E-state index in [1.54, 1.807) is 4.90 Å². The molecule has 1 aliphatic rings. The lowest BCUT2D eigenvalue weighted by atomic mass is 10.1. The van der Waals surface area contributed by atoms with Gasteiger partial charge in [-0.2, -0.15) is 0 Å². The number of carbonyl (C=O) groups is 1. The summed E-state index contributed by atoms with van der Waals surface area (Å²) in [6, 6.07) is 8.05. The Bertz CT molecular complexity index is 397. The standard InChI is InChI=1S/C14H20N2O2/c1-11-3-5-12(6-4-11)9-16(2)14(17)13-10-18-8-7-15-13/h3-6,13,15H,7-10H2,1-2H3. The highest BCUT2D eigenvalue weighted by atomic mass is 16.5. The molecule has 0 saturated carbocycles. The molecule has 1 amide bonds. The van der Waals surface area contributed by atoms with Gasteiger partial charge in [-0.25, -0.2) is 0 Å². The van der Waals surface area contributed by atoms with Crippen molar-refractivity contribution in [1.82, 2.24) is 10.2 Å². The molecule has 1 saturated heterocycles. The Labute approximate surface area is 108 Å². The van der Waals surface area contributed by atoms with Crippen LogP contribution in [0.15, 0.2) is 24.3 Å². The van der Waals surface area contributed by atoms with Crippen molar-refractivity contribution in [2.45, 2.75) is 19.5 Å². The molecule has 1 fully saturated rings. The lowest BCUT2D eigenvalue weighted by Crippen LogP contribution is -2.51. The Kier molecular flexibility index (Phi) is 4.33. The number of hydrogen-bond acceptors (Lipinski definition) is 3. The van der Waals surface area contributed by atoms with Gasteiger partial charge in [0.05, 0.1) is 13.2 Å². The van der Waals surface area contributed by atoms with E-state index >= 15 is 0 Å². The van der Waals surface area contributed by atoms with Crippen LogP contribution in [0.5, 0.6) is 0 Å². The van der Waals surface area contributed by atoms with Gasteiger partial charge in [-0.3, -0.25) is 4.79 Å². The zero-order chi connectivity index (χ0) is 13.0. The predicted octanol–water partition coefficient (Wildman–Crippen LogP) is 0.942. The normalized spacial score (nSPS) is 19.6. The summed E-state index contributed by atoms with van der Waals surface area (Å²) >= 11 is 0. The molecule has 1 heterocycles. The fourth-order valence-corrected chi connectivity index (χ4v) is 2.04. The summed E-state index contributed by atoms with van der Waals surface area (Å²) in [5, 5.41) is 3.18. The zero-order valence-corrected chi connectivity index (χ0v) is 11.0. The fraction of sp³-hybridized carbons (Fsp3) is 0.500. The lowest BCUT2D eigenvalue weighted by Gasteiger charge is -2.27. The molecule has 2 rings (SSSR count). The van der Waals surface area contributed by atoms with Crippen molar-refractivity contribution < 1.29 is 9.53 Å². The summed E-state index contributed by atoms with van der Waals surface area (Å²) < 4.78 is 5.31. The van der Waals surface area contributed by atoms with E-state index in [1.807, 2.05) is 7.05 Å². The molecule has 98 valence electrons. The highest BCUT2D eigenvalue weighted by molar-refractivity contribution is 5.81. The quantitative estimate of drug-likeness (QED) is 0.865. The Hall–Kier alpha value is -1.39. The first-order valence-corrected chi connectivity index (χ1v) is 6.28. The summed E-state index contributed by atoms with van der Waals surface area (Å²) in [7, 11) is 1.83. The van der Waals surface area contributed by atoms with Gasteiger partial charge in [-0.05, 0) is 12.5 Å². The highest BCUT2D eigenvalue weighted by Gasteiger charge is 2.24. The maximum absolute atomic E-state index is 12.2. The van der Waals surface area contributed by atoms with E-state index in [9.17, 15) is 4.79 Å². The number of carbonyl (C=O) groups excluding carboxylic acids is 1. The molecular formula is C14H20N2O2. The van der Waals surface area contributed by atoms with Crippen molar-refractivity contribution in [2.24, 2.45) is 0 Å².